The van der Waals surface area contributed by atoms with Crippen LogP contribution in [0.2, 0.25) is 0 Å². The molecule has 2 aromatic carbocycles. The molecule has 5 aromatic rings. The van der Waals surface area contributed by atoms with Gasteiger partial charge in [0.1, 0.15) is 23.3 Å². The van der Waals surface area contributed by atoms with Crippen molar-refractivity contribution < 1.29 is 27.0 Å². The third-order valence-corrected chi connectivity index (χ3v) is 8.74. The number of nitrogens with one attached hydrogen (secondary N) is 2. The fraction of sp³-hybridized carbons (Fsp3) is 0.200. The summed E-state index contributed by atoms with van der Waals surface area (Å²) in [7, 11) is 0. The van der Waals surface area contributed by atoms with Crippen molar-refractivity contribution in [3.63, 3.8) is 0 Å². The van der Waals surface area contributed by atoms with Crippen LogP contribution in [0.5, 0.6) is 0 Å². The normalized spacial score (nSPS) is 13.2. The fourth-order valence-corrected chi connectivity index (χ4v) is 6.11. The van der Waals surface area contributed by atoms with Crippen molar-refractivity contribution in [2.45, 2.75) is 38.9 Å². The molecule has 5 heterocycles. The Kier molecular flexibility index (Phi) is 13.6. The van der Waals surface area contributed by atoms with Crippen LogP contribution in [0, 0.1) is 23.3 Å². The van der Waals surface area contributed by atoms with E-state index in [1.807, 2.05) is 74.5 Å². The molecule has 258 valence electrons. The monoisotopic (exact) mass is 726 g/mol. The SMILES string of the molecule is CC(OCCc1ccc(F)cc1F)C1=Cc2cc3[nH]c(cc4nc(cc5ccc(cc1n2)[nH]5)C=C4)cc3C(C)OCCc1ccc(F)cc1F.[NaH].[NaH]. The molecule has 2 N–H and O–H groups in total. The number of H-pyrrole nitrogens is 2. The Labute approximate surface area is 343 Å². The third kappa shape index (κ3) is 9.61. The summed E-state index contributed by atoms with van der Waals surface area (Å²) in [5.41, 5.74) is 8.76. The van der Waals surface area contributed by atoms with Crippen molar-refractivity contribution in [2.24, 2.45) is 0 Å². The average molecular weight is 727 g/mol. The first kappa shape index (κ1) is 39.9. The number of hydrogen-bond acceptors (Lipinski definition) is 4. The van der Waals surface area contributed by atoms with Gasteiger partial charge in [0.25, 0.3) is 0 Å². The molecule has 12 heteroatoms. The van der Waals surface area contributed by atoms with E-state index in [1.54, 1.807) is 0 Å². The predicted molar refractivity (Wildman–Crippen MR) is 202 cm³/mol. The molecule has 7 rings (SSSR count). The van der Waals surface area contributed by atoms with Gasteiger partial charge in [0.2, 0.25) is 0 Å². The molecular formula is C40H36F4N4Na2O2. The van der Waals surface area contributed by atoms with Gasteiger partial charge >= 0.3 is 59.1 Å². The summed E-state index contributed by atoms with van der Waals surface area (Å²) in [6.07, 6.45) is 5.66. The van der Waals surface area contributed by atoms with Crippen LogP contribution in [0.3, 0.4) is 0 Å². The maximum atomic E-state index is 14.2. The molecule has 0 radical (unpaired) electrons. The molecular weight excluding hydrogens is 690 g/mol. The van der Waals surface area contributed by atoms with Gasteiger partial charge in [-0.15, -0.1) is 0 Å². The van der Waals surface area contributed by atoms with Crippen LogP contribution < -0.4 is 0 Å². The minimum absolute atomic E-state index is 0. The van der Waals surface area contributed by atoms with E-state index in [0.29, 0.717) is 22.5 Å². The number of aromatic amines is 2. The minimum atomic E-state index is -0.619. The molecule has 0 aliphatic carbocycles. The molecule has 0 saturated heterocycles. The van der Waals surface area contributed by atoms with Crippen LogP contribution in [0.1, 0.15) is 59.4 Å². The van der Waals surface area contributed by atoms with E-state index >= 15 is 0 Å². The van der Waals surface area contributed by atoms with Gasteiger partial charge in [0.05, 0.1) is 48.2 Å². The molecule has 52 heavy (non-hydrogen) atoms. The van der Waals surface area contributed by atoms with Gasteiger partial charge in [-0.1, -0.05) is 12.1 Å². The van der Waals surface area contributed by atoms with Gasteiger partial charge in [-0.05, 0) is 111 Å². The van der Waals surface area contributed by atoms with E-state index in [-0.39, 0.29) is 91.3 Å². The van der Waals surface area contributed by atoms with Gasteiger partial charge in [0.15, 0.2) is 0 Å². The van der Waals surface area contributed by atoms with Gasteiger partial charge in [-0.3, -0.25) is 0 Å². The summed E-state index contributed by atoms with van der Waals surface area (Å²) >= 11 is 0. The Hall–Kier alpha value is -3.32. The Bertz CT molecular complexity index is 2300. The Morgan fingerprint density at radius 1 is 0.596 bits per heavy atom. The second kappa shape index (κ2) is 17.7. The van der Waals surface area contributed by atoms with Crippen LogP contribution in [-0.4, -0.2) is 98.4 Å². The number of ether oxygens (including phenoxy) is 2. The van der Waals surface area contributed by atoms with Gasteiger partial charge in [-0.25, -0.2) is 27.5 Å². The molecule has 0 amide bonds. The topological polar surface area (TPSA) is 75.8 Å². The van der Waals surface area contributed by atoms with Crippen molar-refractivity contribution in [3.05, 3.63) is 142 Å². The standard InChI is InChI=1S/C40H34F4N4O2.2Na.2H/c1-23(49-13-11-25-3-5-27(41)15-37(25)43)35-19-33-18-31-8-7-29(45-31)17-30-9-10-32(46-30)21-39-36(20-34(48-39)22-40(35)47-33)24(2)50-14-12-26-4-6-28(42)16-38(26)44;;;;/h3-10,15-24,46-47H,11-14H2,1-2H3;;;;. The summed E-state index contributed by atoms with van der Waals surface area (Å²) in [6.45, 7) is 4.29. The number of halogens is 4. The predicted octanol–water partition coefficient (Wildman–Crippen LogP) is 8.25. The molecule has 0 saturated carbocycles. The number of fused-ring (bicyclic) bond motifs is 8. The summed E-state index contributed by atoms with van der Waals surface area (Å²) < 4.78 is 67.6. The van der Waals surface area contributed by atoms with E-state index in [4.69, 9.17) is 19.4 Å². The van der Waals surface area contributed by atoms with E-state index in [1.165, 1.54) is 24.3 Å². The summed E-state index contributed by atoms with van der Waals surface area (Å²) in [4.78, 5) is 16.6. The zero-order valence-corrected chi connectivity index (χ0v) is 27.4. The van der Waals surface area contributed by atoms with Gasteiger partial charge in [-0.2, -0.15) is 0 Å². The maximum absolute atomic E-state index is 14.2. The number of benzene rings is 2. The third-order valence-electron chi connectivity index (χ3n) is 8.74. The summed E-state index contributed by atoms with van der Waals surface area (Å²) in [5, 5.41) is 0. The first-order valence-corrected chi connectivity index (χ1v) is 16.4. The zero-order chi connectivity index (χ0) is 34.8. The number of aromatic nitrogens is 4. The second-order valence-electron chi connectivity index (χ2n) is 12.4. The molecule has 2 aliphatic rings. The molecule has 8 bridgehead atoms. The molecule has 2 atom stereocenters. The molecule has 0 spiro atoms. The van der Waals surface area contributed by atoms with E-state index < -0.39 is 29.4 Å². The summed E-state index contributed by atoms with van der Waals surface area (Å²) in [6, 6.07) is 20.9. The first-order chi connectivity index (χ1) is 24.2. The molecule has 2 unspecified atom stereocenters. The van der Waals surface area contributed by atoms with Crippen molar-refractivity contribution in [3.8, 4) is 0 Å². The van der Waals surface area contributed by atoms with Crippen molar-refractivity contribution in [1.82, 2.24) is 19.9 Å². The average Bonchev–Trinajstić information content (AvgIpc) is 3.88. The molecule has 6 nitrogen and oxygen atoms in total. The quantitative estimate of drug-likeness (QED) is 0.110. The fourth-order valence-electron chi connectivity index (χ4n) is 6.11. The van der Waals surface area contributed by atoms with Crippen molar-refractivity contribution in [1.29, 1.82) is 0 Å². The summed E-state index contributed by atoms with van der Waals surface area (Å²) in [5.74, 6) is -2.44. The number of nitrogens with zero attached hydrogens (tertiary/aromatic N) is 2. The van der Waals surface area contributed by atoms with Crippen LogP contribution in [0.4, 0.5) is 17.6 Å². The van der Waals surface area contributed by atoms with Crippen molar-refractivity contribution >= 4 is 105 Å². The Morgan fingerprint density at radius 3 is 1.79 bits per heavy atom. The molecule has 2 aliphatic heterocycles. The van der Waals surface area contributed by atoms with Crippen molar-refractivity contribution in [2.75, 3.05) is 13.2 Å². The molecule has 0 fully saturated rings. The Balaban J connectivity index is 0.00000261. The number of hydrogen-bond donors (Lipinski definition) is 2. The first-order valence-electron chi connectivity index (χ1n) is 16.4. The second-order valence-corrected chi connectivity index (χ2v) is 12.4. The van der Waals surface area contributed by atoms with E-state index in [0.717, 1.165) is 56.7 Å². The van der Waals surface area contributed by atoms with Crippen LogP contribution >= 0.6 is 0 Å². The zero-order valence-electron chi connectivity index (χ0n) is 27.4. The van der Waals surface area contributed by atoms with Gasteiger partial charge < -0.3 is 19.4 Å². The van der Waals surface area contributed by atoms with Crippen LogP contribution in [-0.2, 0) is 22.3 Å². The van der Waals surface area contributed by atoms with Crippen LogP contribution in [0.25, 0.3) is 45.9 Å². The number of rotatable bonds is 10. The van der Waals surface area contributed by atoms with E-state index in [2.05, 4.69) is 9.97 Å². The van der Waals surface area contributed by atoms with Crippen LogP contribution in [0.15, 0.2) is 78.9 Å². The van der Waals surface area contributed by atoms with Gasteiger partial charge in [0, 0.05) is 45.3 Å². The molecule has 3 aromatic heterocycles. The van der Waals surface area contributed by atoms with E-state index in [9.17, 15) is 17.6 Å². The Morgan fingerprint density at radius 2 is 1.17 bits per heavy atom.